The van der Waals surface area contributed by atoms with Crippen molar-refractivity contribution in [2.24, 2.45) is 0 Å². The van der Waals surface area contributed by atoms with Gasteiger partial charge in [0.2, 0.25) is 0 Å². The Hall–Kier alpha value is -3.08. The number of hydrogen-bond donors (Lipinski definition) is 0. The molecule has 0 bridgehead atoms. The van der Waals surface area contributed by atoms with E-state index in [1.165, 1.54) is 6.07 Å². The lowest BCUT2D eigenvalue weighted by Crippen LogP contribution is -2.50. The zero-order chi connectivity index (χ0) is 28.9. The maximum atomic E-state index is 13.3. The third kappa shape index (κ3) is 10.7. The monoisotopic (exact) mass is 554 g/mol. The predicted octanol–water partition coefficient (Wildman–Crippen LogP) is 6.97. The summed E-state index contributed by atoms with van der Waals surface area (Å²) in [6.07, 6.45) is -2.37. The van der Waals surface area contributed by atoms with Crippen molar-refractivity contribution in [2.45, 2.75) is 79.1 Å². The number of anilines is 1. The van der Waals surface area contributed by atoms with Gasteiger partial charge in [0.25, 0.3) is 0 Å². The number of ether oxygens (including phenoxy) is 4. The van der Waals surface area contributed by atoms with E-state index >= 15 is 0 Å². The number of carbonyl (C=O) groups excluding carboxylic acids is 3. The average Bonchev–Trinajstić information content (AvgIpc) is 3.13. The highest BCUT2D eigenvalue weighted by atomic mass is 32.1. The van der Waals surface area contributed by atoms with Crippen molar-refractivity contribution in [1.29, 1.82) is 0 Å². The number of piperazine rings is 1. The molecule has 212 valence electrons. The Labute approximate surface area is 227 Å². The highest BCUT2D eigenvalue weighted by Crippen LogP contribution is 2.34. The molecule has 0 aliphatic carbocycles. The van der Waals surface area contributed by atoms with Crippen LogP contribution in [-0.4, -0.2) is 66.3 Å². The van der Waals surface area contributed by atoms with Gasteiger partial charge in [-0.25, -0.2) is 18.8 Å². The van der Waals surface area contributed by atoms with Gasteiger partial charge < -0.3 is 28.7 Å². The fourth-order valence-electron chi connectivity index (χ4n) is 3.30. The first-order chi connectivity index (χ1) is 17.3. The smallest absolute Gasteiger partial charge is 0.444 e. The summed E-state index contributed by atoms with van der Waals surface area (Å²) in [4.78, 5) is 38.1. The molecule has 0 N–H and O–H groups in total. The Kier molecular flexibility index (Phi) is 9.99. The van der Waals surface area contributed by atoms with E-state index in [1.54, 1.807) is 63.8 Å². The molecule has 38 heavy (non-hydrogen) atoms. The number of carbonyl (C=O) groups is 3. The van der Waals surface area contributed by atoms with Crippen LogP contribution in [0.2, 0.25) is 0 Å². The molecule has 0 saturated carbocycles. The van der Waals surface area contributed by atoms with Crippen LogP contribution in [0, 0.1) is 5.82 Å². The van der Waals surface area contributed by atoms with Crippen LogP contribution in [0.3, 0.4) is 0 Å². The average molecular weight is 555 g/mol. The molecule has 1 aromatic heterocycles. The van der Waals surface area contributed by atoms with Gasteiger partial charge in [-0.1, -0.05) is 0 Å². The minimum absolute atomic E-state index is 0.208. The second-order valence-electron chi connectivity index (χ2n) is 11.7. The lowest BCUT2D eigenvalue weighted by Gasteiger charge is -2.36. The third-order valence-corrected chi connectivity index (χ3v) is 5.67. The molecule has 0 spiro atoms. The molecule has 0 unspecified atom stereocenters. The fraction of sp³-hybridized carbons (Fsp3) is 0.593. The highest BCUT2D eigenvalue weighted by Gasteiger charge is 2.27. The van der Waals surface area contributed by atoms with E-state index in [9.17, 15) is 18.8 Å². The van der Waals surface area contributed by atoms with E-state index in [0.717, 1.165) is 28.9 Å². The molecule has 2 heterocycles. The van der Waals surface area contributed by atoms with Crippen molar-refractivity contribution in [3.63, 3.8) is 0 Å². The lowest BCUT2D eigenvalue weighted by molar-refractivity contribution is -0.0294. The molecular formula is C27H39FN2O7S. The summed E-state index contributed by atoms with van der Waals surface area (Å²) in [5, 5.41) is 3.13. The van der Waals surface area contributed by atoms with Crippen molar-refractivity contribution < 1.29 is 37.7 Å². The minimum atomic E-state index is -1.06. The predicted molar refractivity (Wildman–Crippen MR) is 145 cm³/mol. The van der Waals surface area contributed by atoms with E-state index in [0.29, 0.717) is 13.1 Å². The van der Waals surface area contributed by atoms with Gasteiger partial charge in [-0.3, -0.25) is 0 Å². The first kappa shape index (κ1) is 31.1. The molecule has 2 aromatic rings. The quantitative estimate of drug-likeness (QED) is 0.212. The second kappa shape index (κ2) is 12.2. The Morgan fingerprint density at radius 3 is 1.76 bits per heavy atom. The van der Waals surface area contributed by atoms with Gasteiger partial charge in [0, 0.05) is 41.6 Å². The Bertz CT molecular complexity index is 1100. The summed E-state index contributed by atoms with van der Waals surface area (Å²) in [6, 6.07) is 4.90. The number of fused-ring (bicyclic) bond motifs is 1. The van der Waals surface area contributed by atoms with E-state index < -0.39 is 29.1 Å². The molecule has 1 fully saturated rings. The van der Waals surface area contributed by atoms with E-state index in [2.05, 4.69) is 15.0 Å². The molecule has 1 amide bonds. The molecule has 1 saturated heterocycles. The largest absolute Gasteiger partial charge is 0.519 e. The van der Waals surface area contributed by atoms with Gasteiger partial charge in [-0.2, -0.15) is 0 Å². The third-order valence-electron chi connectivity index (χ3n) is 4.73. The molecule has 1 aliphatic rings. The molecule has 1 aromatic carbocycles. The molecule has 11 heteroatoms. The van der Waals surface area contributed by atoms with Crippen LogP contribution in [-0.2, 0) is 18.9 Å². The van der Waals surface area contributed by atoms with Gasteiger partial charge in [0.15, 0.2) is 0 Å². The van der Waals surface area contributed by atoms with Crippen molar-refractivity contribution in [3.8, 4) is 0 Å². The number of rotatable bonds is 1. The van der Waals surface area contributed by atoms with Crippen LogP contribution in [0.15, 0.2) is 23.6 Å². The zero-order valence-corrected chi connectivity index (χ0v) is 24.5. The standard InChI is InChI=1S/C17H21FN2O2S.C10H18O5/c1-17(2,3)22-16(21)20-8-6-19(7-9-20)14-11-23-15-10-12(18)4-5-13(14)15;1-9(2,3)14-7(11)13-8(12)15-10(4,5)6/h4-5,10-11H,6-9H2,1-3H3;1-6H3. The molecular weight excluding hydrogens is 515 g/mol. The van der Waals surface area contributed by atoms with Crippen molar-refractivity contribution >= 4 is 45.5 Å². The summed E-state index contributed by atoms with van der Waals surface area (Å²) >= 11 is 1.55. The molecule has 3 rings (SSSR count). The minimum Gasteiger partial charge on any atom is -0.444 e. The Balaban J connectivity index is 0.000000296. The Morgan fingerprint density at radius 2 is 1.29 bits per heavy atom. The topological polar surface area (TPSA) is 94.6 Å². The molecule has 0 atom stereocenters. The SMILES string of the molecule is CC(C)(C)OC(=O)N1CCN(c2csc3cc(F)ccc23)CC1.CC(C)(C)OC(=O)OC(=O)OC(C)(C)C. The number of benzene rings is 1. The maximum Gasteiger partial charge on any atom is 0.519 e. The Morgan fingerprint density at radius 1 is 0.789 bits per heavy atom. The van der Waals surface area contributed by atoms with Gasteiger partial charge >= 0.3 is 18.4 Å². The normalized spacial score (nSPS) is 14.4. The fourth-order valence-corrected chi connectivity index (χ4v) is 4.29. The van der Waals surface area contributed by atoms with Crippen molar-refractivity contribution in [2.75, 3.05) is 31.1 Å². The maximum absolute atomic E-state index is 13.3. The van der Waals surface area contributed by atoms with E-state index in [-0.39, 0.29) is 11.9 Å². The number of hydrogen-bond acceptors (Lipinski definition) is 9. The van der Waals surface area contributed by atoms with Crippen LogP contribution >= 0.6 is 11.3 Å². The molecule has 1 aliphatic heterocycles. The number of nitrogens with zero attached hydrogens (tertiary/aromatic N) is 2. The van der Waals surface area contributed by atoms with Crippen LogP contribution in [0.4, 0.5) is 24.5 Å². The van der Waals surface area contributed by atoms with E-state index in [1.807, 2.05) is 26.8 Å². The molecule has 9 nitrogen and oxygen atoms in total. The van der Waals surface area contributed by atoms with Gasteiger partial charge in [-0.05, 0) is 80.5 Å². The van der Waals surface area contributed by atoms with Gasteiger partial charge in [0.05, 0.1) is 5.69 Å². The summed E-state index contributed by atoms with van der Waals surface area (Å²) in [6.45, 7) is 18.4. The number of thiophene rings is 1. The summed E-state index contributed by atoms with van der Waals surface area (Å²) in [7, 11) is 0. The van der Waals surface area contributed by atoms with Crippen LogP contribution in [0.1, 0.15) is 62.3 Å². The highest BCUT2D eigenvalue weighted by molar-refractivity contribution is 7.17. The second-order valence-corrected chi connectivity index (χ2v) is 12.7. The van der Waals surface area contributed by atoms with E-state index in [4.69, 9.17) is 14.2 Å². The number of amides is 1. The van der Waals surface area contributed by atoms with Gasteiger partial charge in [0.1, 0.15) is 22.6 Å². The summed E-state index contributed by atoms with van der Waals surface area (Å²) in [5.74, 6) is -0.208. The van der Waals surface area contributed by atoms with Crippen molar-refractivity contribution in [3.05, 3.63) is 29.4 Å². The van der Waals surface area contributed by atoms with Crippen LogP contribution < -0.4 is 4.90 Å². The van der Waals surface area contributed by atoms with Crippen molar-refractivity contribution in [1.82, 2.24) is 4.90 Å². The zero-order valence-electron chi connectivity index (χ0n) is 23.7. The van der Waals surface area contributed by atoms with Gasteiger partial charge in [-0.15, -0.1) is 11.3 Å². The number of halogens is 1. The first-order valence-corrected chi connectivity index (χ1v) is 13.2. The summed E-state index contributed by atoms with van der Waals surface area (Å²) in [5.41, 5.74) is -0.742. The summed E-state index contributed by atoms with van der Waals surface area (Å²) < 4.78 is 33.5. The van der Waals surface area contributed by atoms with Crippen LogP contribution in [0.5, 0.6) is 0 Å². The first-order valence-electron chi connectivity index (χ1n) is 12.4. The molecule has 0 radical (unpaired) electrons. The van der Waals surface area contributed by atoms with Crippen LogP contribution in [0.25, 0.3) is 10.1 Å². The lowest BCUT2D eigenvalue weighted by atomic mass is 10.2.